The number of methoxy groups -OCH3 is 2. The number of ether oxygens (including phenoxy) is 2. The van der Waals surface area contributed by atoms with Gasteiger partial charge in [-0.15, -0.1) is 0 Å². The van der Waals surface area contributed by atoms with Gasteiger partial charge in [0.2, 0.25) is 0 Å². The molecule has 34 heavy (non-hydrogen) atoms. The fourth-order valence-corrected chi connectivity index (χ4v) is 4.43. The van der Waals surface area contributed by atoms with Gasteiger partial charge in [-0.25, -0.2) is 4.39 Å². The van der Waals surface area contributed by atoms with Gasteiger partial charge < -0.3 is 14.6 Å². The monoisotopic (exact) mass is 501 g/mol. The van der Waals surface area contributed by atoms with E-state index in [9.17, 15) is 19.1 Å². The number of hydrogen-bond acceptors (Lipinski definition) is 5. The van der Waals surface area contributed by atoms with Gasteiger partial charge in [-0.1, -0.05) is 41.4 Å². The molecule has 1 fully saturated rings. The van der Waals surface area contributed by atoms with E-state index >= 15 is 0 Å². The standard InChI is InChI=1S/C25H18Cl2FNO5/c1-33-16-7-8-20(34-2)18(12-16)23(30)21-22(17-5-3-4-6-19(17)28)29(25(32)24(21)31)15-10-13(26)9-14(27)11-15/h3-12,22,30H,1-2H3/b23-21+. The van der Waals surface area contributed by atoms with Gasteiger partial charge >= 0.3 is 0 Å². The summed E-state index contributed by atoms with van der Waals surface area (Å²) in [6.45, 7) is 0. The topological polar surface area (TPSA) is 76.1 Å². The number of aliphatic hydroxyl groups is 1. The van der Waals surface area contributed by atoms with Crippen LogP contribution in [0.2, 0.25) is 10.0 Å². The van der Waals surface area contributed by atoms with Gasteiger partial charge in [0, 0.05) is 21.3 Å². The average molecular weight is 502 g/mol. The molecule has 4 rings (SSSR count). The van der Waals surface area contributed by atoms with E-state index in [4.69, 9.17) is 32.7 Å². The van der Waals surface area contributed by atoms with Crippen LogP contribution < -0.4 is 14.4 Å². The van der Waals surface area contributed by atoms with Crippen molar-refractivity contribution in [2.24, 2.45) is 0 Å². The van der Waals surface area contributed by atoms with Crippen molar-refractivity contribution >= 4 is 46.3 Å². The molecule has 1 aliphatic rings. The Morgan fingerprint density at radius 2 is 1.65 bits per heavy atom. The van der Waals surface area contributed by atoms with Crippen LogP contribution in [0.15, 0.2) is 66.2 Å². The molecule has 6 nitrogen and oxygen atoms in total. The normalized spacial score (nSPS) is 17.2. The Morgan fingerprint density at radius 1 is 0.971 bits per heavy atom. The zero-order chi connectivity index (χ0) is 24.6. The number of Topliss-reactive ketones (excluding diaryl/α,β-unsaturated/α-hetero) is 1. The highest BCUT2D eigenvalue weighted by Gasteiger charge is 2.48. The molecule has 0 saturated carbocycles. The molecule has 1 aliphatic heterocycles. The van der Waals surface area contributed by atoms with E-state index in [2.05, 4.69) is 0 Å². The number of nitrogens with zero attached hydrogens (tertiary/aromatic N) is 1. The molecule has 1 saturated heterocycles. The lowest BCUT2D eigenvalue weighted by Gasteiger charge is -2.26. The smallest absolute Gasteiger partial charge is 0.300 e. The lowest BCUT2D eigenvalue weighted by Crippen LogP contribution is -2.29. The van der Waals surface area contributed by atoms with Crippen LogP contribution in [0.1, 0.15) is 17.2 Å². The summed E-state index contributed by atoms with van der Waals surface area (Å²) in [7, 11) is 2.83. The quantitative estimate of drug-likeness (QED) is 0.272. The second-order valence-corrected chi connectivity index (χ2v) is 8.26. The Balaban J connectivity index is 2.03. The van der Waals surface area contributed by atoms with Crippen LogP contribution in [0.3, 0.4) is 0 Å². The van der Waals surface area contributed by atoms with Crippen LogP contribution in [0.4, 0.5) is 10.1 Å². The zero-order valence-electron chi connectivity index (χ0n) is 18.0. The van der Waals surface area contributed by atoms with E-state index in [-0.39, 0.29) is 38.2 Å². The lowest BCUT2D eigenvalue weighted by molar-refractivity contribution is -0.132. The predicted molar refractivity (Wildman–Crippen MR) is 127 cm³/mol. The average Bonchev–Trinajstić information content (AvgIpc) is 3.08. The number of aliphatic hydroxyl groups excluding tert-OH is 1. The Bertz CT molecular complexity index is 1320. The number of halogens is 3. The molecule has 9 heteroatoms. The molecule has 1 N–H and O–H groups in total. The van der Waals surface area contributed by atoms with E-state index in [1.807, 2.05) is 0 Å². The summed E-state index contributed by atoms with van der Waals surface area (Å²) in [6, 6.07) is 13.3. The van der Waals surface area contributed by atoms with E-state index in [1.54, 1.807) is 18.2 Å². The zero-order valence-corrected chi connectivity index (χ0v) is 19.5. The van der Waals surface area contributed by atoms with Crippen LogP contribution in [0.25, 0.3) is 5.76 Å². The molecule has 0 aliphatic carbocycles. The second-order valence-electron chi connectivity index (χ2n) is 7.38. The number of hydrogen-bond donors (Lipinski definition) is 1. The van der Waals surface area contributed by atoms with Crippen LogP contribution in [-0.4, -0.2) is 31.0 Å². The van der Waals surface area contributed by atoms with Crippen molar-refractivity contribution in [2.45, 2.75) is 6.04 Å². The van der Waals surface area contributed by atoms with Crippen molar-refractivity contribution in [1.29, 1.82) is 0 Å². The van der Waals surface area contributed by atoms with E-state index < -0.39 is 29.3 Å². The molecule has 0 radical (unpaired) electrons. The summed E-state index contributed by atoms with van der Waals surface area (Å²) in [5.74, 6) is -2.60. The Kier molecular flexibility index (Phi) is 6.50. The molecule has 3 aromatic rings. The van der Waals surface area contributed by atoms with E-state index in [1.165, 1.54) is 56.7 Å². The summed E-state index contributed by atoms with van der Waals surface area (Å²) >= 11 is 12.3. The minimum atomic E-state index is -1.30. The van der Waals surface area contributed by atoms with Crippen LogP contribution in [0, 0.1) is 5.82 Å². The molecular weight excluding hydrogens is 484 g/mol. The SMILES string of the molecule is COc1ccc(OC)c(/C(O)=C2\C(=O)C(=O)N(c3cc(Cl)cc(Cl)c3)C2c2ccccc2F)c1. The molecule has 1 unspecified atom stereocenters. The molecule has 0 aromatic heterocycles. The molecule has 0 spiro atoms. The van der Waals surface area contributed by atoms with Gasteiger partial charge in [-0.2, -0.15) is 0 Å². The first kappa shape index (κ1) is 23.6. The molecule has 1 heterocycles. The van der Waals surface area contributed by atoms with Crippen molar-refractivity contribution in [3.63, 3.8) is 0 Å². The third kappa shape index (κ3) is 4.08. The minimum Gasteiger partial charge on any atom is -0.507 e. The second kappa shape index (κ2) is 9.37. The molecule has 1 atom stereocenters. The minimum absolute atomic E-state index is 0.00112. The van der Waals surface area contributed by atoms with Crippen molar-refractivity contribution in [2.75, 3.05) is 19.1 Å². The van der Waals surface area contributed by atoms with E-state index in [0.717, 1.165) is 4.90 Å². The maximum atomic E-state index is 15.0. The van der Waals surface area contributed by atoms with Crippen molar-refractivity contribution in [3.05, 3.63) is 93.2 Å². The van der Waals surface area contributed by atoms with Gasteiger partial charge in [0.15, 0.2) is 0 Å². The summed E-state index contributed by atoms with van der Waals surface area (Å²) in [5.41, 5.74) is -0.0474. The number of carbonyl (C=O) groups excluding carboxylic acids is 2. The highest BCUT2D eigenvalue weighted by molar-refractivity contribution is 6.52. The summed E-state index contributed by atoms with van der Waals surface area (Å²) in [6.07, 6.45) is 0. The van der Waals surface area contributed by atoms with E-state index in [0.29, 0.717) is 5.75 Å². The Labute approximate surface area is 204 Å². The number of ketones is 1. The molecule has 1 amide bonds. The predicted octanol–water partition coefficient (Wildman–Crippen LogP) is 5.78. The molecule has 174 valence electrons. The van der Waals surface area contributed by atoms with Gasteiger partial charge in [-0.3, -0.25) is 14.5 Å². The van der Waals surface area contributed by atoms with Crippen LogP contribution >= 0.6 is 23.2 Å². The number of anilines is 1. The number of benzene rings is 3. The van der Waals surface area contributed by atoms with Gasteiger partial charge in [0.1, 0.15) is 23.1 Å². The van der Waals surface area contributed by atoms with Gasteiger partial charge in [0.25, 0.3) is 11.7 Å². The largest absolute Gasteiger partial charge is 0.507 e. The first-order valence-corrected chi connectivity index (χ1v) is 10.8. The fourth-order valence-electron chi connectivity index (χ4n) is 3.91. The Hall–Kier alpha value is -3.55. The maximum absolute atomic E-state index is 15.0. The number of amides is 1. The van der Waals surface area contributed by atoms with Crippen molar-refractivity contribution < 1.29 is 28.6 Å². The first-order valence-electron chi connectivity index (χ1n) is 10.0. The third-order valence-electron chi connectivity index (χ3n) is 5.43. The van der Waals surface area contributed by atoms with Crippen molar-refractivity contribution in [1.82, 2.24) is 0 Å². The Morgan fingerprint density at radius 3 is 2.26 bits per heavy atom. The fraction of sp³-hybridized carbons (Fsp3) is 0.120. The summed E-state index contributed by atoms with van der Waals surface area (Å²) in [4.78, 5) is 27.5. The summed E-state index contributed by atoms with van der Waals surface area (Å²) in [5, 5.41) is 11.7. The highest BCUT2D eigenvalue weighted by Crippen LogP contribution is 2.45. The van der Waals surface area contributed by atoms with Crippen LogP contribution in [0.5, 0.6) is 11.5 Å². The third-order valence-corrected chi connectivity index (χ3v) is 5.87. The van der Waals surface area contributed by atoms with Gasteiger partial charge in [-0.05, 0) is 42.5 Å². The lowest BCUT2D eigenvalue weighted by atomic mass is 9.94. The highest BCUT2D eigenvalue weighted by atomic mass is 35.5. The van der Waals surface area contributed by atoms with Crippen LogP contribution in [-0.2, 0) is 9.59 Å². The molecular formula is C25H18Cl2FNO5. The first-order chi connectivity index (χ1) is 16.3. The van der Waals surface area contributed by atoms with Crippen molar-refractivity contribution in [3.8, 4) is 11.5 Å². The maximum Gasteiger partial charge on any atom is 0.300 e. The van der Waals surface area contributed by atoms with Gasteiger partial charge in [0.05, 0.1) is 31.4 Å². The summed E-state index contributed by atoms with van der Waals surface area (Å²) < 4.78 is 25.5. The molecule has 0 bridgehead atoms. The molecule has 3 aromatic carbocycles. The number of rotatable bonds is 5. The number of carbonyl (C=O) groups is 2.